The average molecular weight is 245 g/mol. The molecule has 4 nitrogen and oxygen atoms in total. The first-order valence-electron chi connectivity index (χ1n) is 6.16. The molecule has 1 heterocycles. The van der Waals surface area contributed by atoms with Gasteiger partial charge in [0.1, 0.15) is 5.75 Å². The van der Waals surface area contributed by atoms with Crippen molar-refractivity contribution in [2.75, 3.05) is 12.4 Å². The van der Waals surface area contributed by atoms with Gasteiger partial charge in [0.2, 0.25) is 0 Å². The van der Waals surface area contributed by atoms with Crippen molar-refractivity contribution in [3.63, 3.8) is 0 Å². The number of rotatable bonds is 5. The molecule has 0 aliphatic carbocycles. The molecule has 0 aliphatic heterocycles. The van der Waals surface area contributed by atoms with E-state index in [1.807, 2.05) is 29.2 Å². The van der Waals surface area contributed by atoms with Crippen LogP contribution in [0.15, 0.2) is 36.7 Å². The zero-order valence-electron chi connectivity index (χ0n) is 11.1. The van der Waals surface area contributed by atoms with E-state index in [9.17, 15) is 0 Å². The van der Waals surface area contributed by atoms with E-state index in [4.69, 9.17) is 4.74 Å². The molecule has 0 aliphatic rings. The van der Waals surface area contributed by atoms with Gasteiger partial charge in [-0.05, 0) is 31.5 Å². The normalized spacial score (nSPS) is 12.2. The van der Waals surface area contributed by atoms with E-state index in [0.717, 1.165) is 18.0 Å². The van der Waals surface area contributed by atoms with Crippen LogP contribution in [0.5, 0.6) is 5.75 Å². The molecule has 2 aromatic rings. The molecule has 0 saturated heterocycles. The SMILES string of the molecule is CCn1cc(NC(C)c2ccc(OC)cc2)cn1. The standard InChI is InChI=1S/C14H19N3O/c1-4-17-10-13(9-15-17)16-11(2)12-5-7-14(18-3)8-6-12/h5-11,16H,4H2,1-3H3. The van der Waals surface area contributed by atoms with Crippen LogP contribution in [0.25, 0.3) is 0 Å². The number of aryl methyl sites for hydroxylation is 1. The van der Waals surface area contributed by atoms with Gasteiger partial charge in [0.05, 0.1) is 19.0 Å². The van der Waals surface area contributed by atoms with Gasteiger partial charge < -0.3 is 10.1 Å². The average Bonchev–Trinajstić information content (AvgIpc) is 2.86. The molecule has 1 aromatic heterocycles. The van der Waals surface area contributed by atoms with Gasteiger partial charge >= 0.3 is 0 Å². The van der Waals surface area contributed by atoms with Gasteiger partial charge in [-0.25, -0.2) is 0 Å². The minimum absolute atomic E-state index is 0.241. The van der Waals surface area contributed by atoms with Crippen molar-refractivity contribution in [1.82, 2.24) is 9.78 Å². The van der Waals surface area contributed by atoms with E-state index in [-0.39, 0.29) is 6.04 Å². The van der Waals surface area contributed by atoms with Crippen molar-refractivity contribution in [1.29, 1.82) is 0 Å². The van der Waals surface area contributed by atoms with Crippen LogP contribution in [0.1, 0.15) is 25.5 Å². The highest BCUT2D eigenvalue weighted by Gasteiger charge is 2.06. The van der Waals surface area contributed by atoms with Crippen molar-refractivity contribution < 1.29 is 4.74 Å². The Balaban J connectivity index is 2.03. The van der Waals surface area contributed by atoms with Gasteiger partial charge in [0.15, 0.2) is 0 Å². The molecule has 1 unspecified atom stereocenters. The smallest absolute Gasteiger partial charge is 0.118 e. The third-order valence-electron chi connectivity index (χ3n) is 2.96. The Kier molecular flexibility index (Phi) is 3.87. The molecule has 0 radical (unpaired) electrons. The second-order valence-electron chi connectivity index (χ2n) is 4.22. The predicted octanol–water partition coefficient (Wildman–Crippen LogP) is 3.08. The van der Waals surface area contributed by atoms with E-state index < -0.39 is 0 Å². The van der Waals surface area contributed by atoms with Gasteiger partial charge in [-0.3, -0.25) is 4.68 Å². The predicted molar refractivity (Wildman–Crippen MR) is 72.9 cm³/mol. The monoisotopic (exact) mass is 245 g/mol. The highest BCUT2D eigenvalue weighted by Crippen LogP contribution is 2.21. The van der Waals surface area contributed by atoms with Gasteiger partial charge in [0.25, 0.3) is 0 Å². The summed E-state index contributed by atoms with van der Waals surface area (Å²) >= 11 is 0. The second kappa shape index (κ2) is 5.58. The quantitative estimate of drug-likeness (QED) is 0.879. The zero-order valence-corrected chi connectivity index (χ0v) is 11.1. The summed E-state index contributed by atoms with van der Waals surface area (Å²) < 4.78 is 7.06. The molecular weight excluding hydrogens is 226 g/mol. The highest BCUT2D eigenvalue weighted by molar-refractivity contribution is 5.42. The first-order valence-corrected chi connectivity index (χ1v) is 6.16. The molecule has 0 bridgehead atoms. The summed E-state index contributed by atoms with van der Waals surface area (Å²) in [5.41, 5.74) is 2.26. The van der Waals surface area contributed by atoms with Crippen molar-refractivity contribution in [3.05, 3.63) is 42.2 Å². The summed E-state index contributed by atoms with van der Waals surface area (Å²) in [6.07, 6.45) is 3.86. The van der Waals surface area contributed by atoms with Gasteiger partial charge in [0, 0.05) is 18.8 Å². The van der Waals surface area contributed by atoms with E-state index in [1.165, 1.54) is 5.56 Å². The number of ether oxygens (including phenoxy) is 1. The Labute approximate surface area is 108 Å². The lowest BCUT2D eigenvalue weighted by Gasteiger charge is -2.14. The Bertz CT molecular complexity index is 490. The Morgan fingerprint density at radius 3 is 2.61 bits per heavy atom. The molecule has 1 atom stereocenters. The van der Waals surface area contributed by atoms with Crippen LogP contribution in [-0.2, 0) is 6.54 Å². The van der Waals surface area contributed by atoms with Crippen LogP contribution in [0.2, 0.25) is 0 Å². The molecule has 4 heteroatoms. The highest BCUT2D eigenvalue weighted by atomic mass is 16.5. The van der Waals surface area contributed by atoms with E-state index in [0.29, 0.717) is 0 Å². The van der Waals surface area contributed by atoms with Crippen LogP contribution in [-0.4, -0.2) is 16.9 Å². The molecule has 0 amide bonds. The molecule has 18 heavy (non-hydrogen) atoms. The van der Waals surface area contributed by atoms with Crippen LogP contribution in [0.3, 0.4) is 0 Å². The summed E-state index contributed by atoms with van der Waals surface area (Å²) in [6, 6.07) is 8.33. The summed E-state index contributed by atoms with van der Waals surface area (Å²) in [4.78, 5) is 0. The molecule has 0 fully saturated rings. The maximum absolute atomic E-state index is 5.15. The van der Waals surface area contributed by atoms with Crippen molar-refractivity contribution >= 4 is 5.69 Å². The van der Waals surface area contributed by atoms with Crippen LogP contribution < -0.4 is 10.1 Å². The van der Waals surface area contributed by atoms with Gasteiger partial charge in [-0.1, -0.05) is 12.1 Å². The number of nitrogens with one attached hydrogen (secondary N) is 1. The molecule has 2 rings (SSSR count). The first-order chi connectivity index (χ1) is 8.72. The Hall–Kier alpha value is -1.97. The molecule has 96 valence electrons. The Morgan fingerprint density at radius 2 is 2.06 bits per heavy atom. The topological polar surface area (TPSA) is 39.1 Å². The van der Waals surface area contributed by atoms with Crippen LogP contribution >= 0.6 is 0 Å². The summed E-state index contributed by atoms with van der Waals surface area (Å²) in [7, 11) is 1.68. The minimum atomic E-state index is 0.241. The Morgan fingerprint density at radius 1 is 1.33 bits per heavy atom. The molecule has 0 saturated carbocycles. The second-order valence-corrected chi connectivity index (χ2v) is 4.22. The number of nitrogens with zero attached hydrogens (tertiary/aromatic N) is 2. The van der Waals surface area contributed by atoms with Gasteiger partial charge in [-0.15, -0.1) is 0 Å². The summed E-state index contributed by atoms with van der Waals surface area (Å²) in [5.74, 6) is 0.879. The number of benzene rings is 1. The third-order valence-corrected chi connectivity index (χ3v) is 2.96. The fourth-order valence-electron chi connectivity index (χ4n) is 1.84. The molecule has 1 N–H and O–H groups in total. The largest absolute Gasteiger partial charge is 0.497 e. The molecule has 0 spiro atoms. The molecule has 1 aromatic carbocycles. The van der Waals surface area contributed by atoms with Crippen LogP contribution in [0, 0.1) is 0 Å². The fraction of sp³-hybridized carbons (Fsp3) is 0.357. The van der Waals surface area contributed by atoms with Crippen molar-refractivity contribution in [2.24, 2.45) is 0 Å². The summed E-state index contributed by atoms with van der Waals surface area (Å²) in [5, 5.41) is 7.67. The number of methoxy groups -OCH3 is 1. The van der Waals surface area contributed by atoms with E-state index >= 15 is 0 Å². The third kappa shape index (κ3) is 2.83. The lowest BCUT2D eigenvalue weighted by atomic mass is 10.1. The summed E-state index contributed by atoms with van der Waals surface area (Å²) in [6.45, 7) is 5.09. The lowest BCUT2D eigenvalue weighted by Crippen LogP contribution is -2.05. The van der Waals surface area contributed by atoms with Gasteiger partial charge in [-0.2, -0.15) is 5.10 Å². The number of hydrogen-bond donors (Lipinski definition) is 1. The van der Waals surface area contributed by atoms with E-state index in [2.05, 4.69) is 36.4 Å². The number of hydrogen-bond acceptors (Lipinski definition) is 3. The van der Waals surface area contributed by atoms with Crippen molar-refractivity contribution in [3.8, 4) is 5.75 Å². The molecular formula is C14H19N3O. The maximum atomic E-state index is 5.15. The lowest BCUT2D eigenvalue weighted by molar-refractivity contribution is 0.414. The minimum Gasteiger partial charge on any atom is -0.497 e. The van der Waals surface area contributed by atoms with Crippen molar-refractivity contribution in [2.45, 2.75) is 26.4 Å². The maximum Gasteiger partial charge on any atom is 0.118 e. The zero-order chi connectivity index (χ0) is 13.0. The number of anilines is 1. The van der Waals surface area contributed by atoms with E-state index in [1.54, 1.807) is 7.11 Å². The fourth-order valence-corrected chi connectivity index (χ4v) is 1.84. The van der Waals surface area contributed by atoms with Crippen LogP contribution in [0.4, 0.5) is 5.69 Å². The first kappa shape index (κ1) is 12.5. The number of aromatic nitrogens is 2.